The van der Waals surface area contributed by atoms with E-state index in [1.54, 1.807) is 6.07 Å². The van der Waals surface area contributed by atoms with Crippen molar-refractivity contribution in [2.75, 3.05) is 13.7 Å². The first kappa shape index (κ1) is 17.0. The van der Waals surface area contributed by atoms with Crippen LogP contribution in [0.2, 0.25) is 0 Å². The Labute approximate surface area is 144 Å². The summed E-state index contributed by atoms with van der Waals surface area (Å²) in [6.45, 7) is 1.95. The van der Waals surface area contributed by atoms with E-state index in [0.717, 1.165) is 5.56 Å². The second-order valence-corrected chi connectivity index (χ2v) is 5.86. The van der Waals surface area contributed by atoms with Gasteiger partial charge in [0.2, 0.25) is 5.78 Å². The molecule has 0 saturated carbocycles. The maximum absolute atomic E-state index is 13.2. The van der Waals surface area contributed by atoms with Gasteiger partial charge < -0.3 is 14.6 Å². The third kappa shape index (κ3) is 2.95. The number of carboxylic acids is 1. The zero-order chi connectivity index (χ0) is 18.1. The number of halogens is 1. The monoisotopic (exact) mass is 344 g/mol. The molecule has 0 aromatic heterocycles. The van der Waals surface area contributed by atoms with Gasteiger partial charge in [0.15, 0.2) is 0 Å². The molecule has 1 unspecified atom stereocenters. The Morgan fingerprint density at radius 2 is 1.96 bits per heavy atom. The minimum Gasteiger partial charge on any atom is -0.496 e. The maximum atomic E-state index is 13.2. The van der Waals surface area contributed by atoms with Gasteiger partial charge in [-0.1, -0.05) is 0 Å². The highest BCUT2D eigenvalue weighted by molar-refractivity contribution is 6.13. The fourth-order valence-corrected chi connectivity index (χ4v) is 2.97. The minimum atomic E-state index is -1.02. The Morgan fingerprint density at radius 3 is 2.56 bits per heavy atom. The van der Waals surface area contributed by atoms with E-state index in [9.17, 15) is 19.1 Å². The number of methoxy groups -OCH3 is 1. The number of hydrogen-bond donors (Lipinski definition) is 1. The van der Waals surface area contributed by atoms with E-state index in [4.69, 9.17) is 9.47 Å². The highest BCUT2D eigenvalue weighted by Crippen LogP contribution is 2.42. The zero-order valence-corrected chi connectivity index (χ0v) is 13.8. The van der Waals surface area contributed by atoms with E-state index in [-0.39, 0.29) is 16.9 Å². The van der Waals surface area contributed by atoms with E-state index < -0.39 is 23.5 Å². The lowest BCUT2D eigenvalue weighted by Crippen LogP contribution is -2.13. The normalized spacial score (nSPS) is 13.7. The average molecular weight is 344 g/mol. The van der Waals surface area contributed by atoms with Crippen molar-refractivity contribution >= 4 is 11.8 Å². The van der Waals surface area contributed by atoms with Gasteiger partial charge in [-0.2, -0.15) is 0 Å². The highest BCUT2D eigenvalue weighted by Gasteiger charge is 2.31. The summed E-state index contributed by atoms with van der Waals surface area (Å²) < 4.78 is 24.2. The summed E-state index contributed by atoms with van der Waals surface area (Å²) in [7, 11) is 1.39. The number of aliphatic carboxylic acids is 1. The van der Waals surface area contributed by atoms with Gasteiger partial charge in [0, 0.05) is 17.5 Å². The quantitative estimate of drug-likeness (QED) is 0.844. The highest BCUT2D eigenvalue weighted by atomic mass is 19.1. The van der Waals surface area contributed by atoms with Crippen LogP contribution in [0.15, 0.2) is 30.3 Å². The molecule has 2 aromatic carbocycles. The molecule has 130 valence electrons. The molecule has 0 radical (unpaired) electrons. The van der Waals surface area contributed by atoms with Gasteiger partial charge in [-0.15, -0.1) is 0 Å². The van der Waals surface area contributed by atoms with E-state index in [1.807, 2.05) is 0 Å². The van der Waals surface area contributed by atoms with Crippen LogP contribution in [-0.4, -0.2) is 30.6 Å². The molecule has 25 heavy (non-hydrogen) atoms. The van der Waals surface area contributed by atoms with Gasteiger partial charge in [0.25, 0.3) is 0 Å². The van der Waals surface area contributed by atoms with Crippen molar-refractivity contribution in [2.45, 2.75) is 19.3 Å². The van der Waals surface area contributed by atoms with Gasteiger partial charge in [-0.05, 0) is 42.8 Å². The first-order valence-electron chi connectivity index (χ1n) is 7.83. The Morgan fingerprint density at radius 1 is 1.28 bits per heavy atom. The van der Waals surface area contributed by atoms with Crippen LogP contribution in [0.4, 0.5) is 4.39 Å². The second-order valence-electron chi connectivity index (χ2n) is 5.86. The van der Waals surface area contributed by atoms with Crippen LogP contribution < -0.4 is 9.47 Å². The van der Waals surface area contributed by atoms with Gasteiger partial charge in [0.1, 0.15) is 22.9 Å². The first-order chi connectivity index (χ1) is 11.9. The fraction of sp³-hybridized carbons (Fsp3) is 0.263. The lowest BCUT2D eigenvalue weighted by atomic mass is 9.90. The largest absolute Gasteiger partial charge is 0.496 e. The van der Waals surface area contributed by atoms with Crippen LogP contribution >= 0.6 is 0 Å². The third-order valence-electron chi connectivity index (χ3n) is 4.33. The molecule has 6 heteroatoms. The summed E-state index contributed by atoms with van der Waals surface area (Å²) in [5.41, 5.74) is 1.66. The zero-order valence-electron chi connectivity index (χ0n) is 13.8. The number of carbonyl (C=O) groups is 2. The summed E-state index contributed by atoms with van der Waals surface area (Å²) in [4.78, 5) is 24.5. The summed E-state index contributed by atoms with van der Waals surface area (Å²) in [5.74, 6) is -2.11. The summed E-state index contributed by atoms with van der Waals surface area (Å²) in [6.07, 6.45) is 0.586. The Bertz CT molecular complexity index is 842. The lowest BCUT2D eigenvalue weighted by Gasteiger charge is -2.18. The average Bonchev–Trinajstić information content (AvgIpc) is 3.07. The second kappa shape index (κ2) is 6.55. The number of benzene rings is 2. The van der Waals surface area contributed by atoms with Crippen molar-refractivity contribution in [3.8, 4) is 11.5 Å². The van der Waals surface area contributed by atoms with Crippen molar-refractivity contribution < 1.29 is 28.6 Å². The minimum absolute atomic E-state index is 0.185. The molecule has 1 aliphatic rings. The molecular weight excluding hydrogens is 327 g/mol. The van der Waals surface area contributed by atoms with Gasteiger partial charge >= 0.3 is 5.97 Å². The molecule has 0 amide bonds. The van der Waals surface area contributed by atoms with Crippen molar-refractivity contribution in [2.24, 2.45) is 0 Å². The van der Waals surface area contributed by atoms with E-state index in [2.05, 4.69) is 0 Å². The summed E-state index contributed by atoms with van der Waals surface area (Å²) in [6, 6.07) is 6.88. The Balaban J connectivity index is 2.22. The molecule has 1 N–H and O–H groups in total. The van der Waals surface area contributed by atoms with Crippen molar-refractivity contribution in [1.82, 2.24) is 0 Å². The van der Waals surface area contributed by atoms with Crippen molar-refractivity contribution in [1.29, 1.82) is 0 Å². The standard InChI is InChI=1S/C19H17FO5/c1-10(19(22)23)14-9-12-7-8-25-17(12)15(18(14)24-2)16(21)11-3-5-13(20)6-4-11/h3-6,9-10H,7-8H2,1-2H3,(H,22,23). The molecule has 0 fully saturated rings. The molecule has 3 rings (SSSR count). The number of fused-ring (bicyclic) bond motifs is 1. The number of hydrogen-bond acceptors (Lipinski definition) is 4. The van der Waals surface area contributed by atoms with Crippen LogP contribution in [0.25, 0.3) is 0 Å². The Hall–Kier alpha value is -2.89. The number of rotatable bonds is 5. The molecule has 2 aromatic rings. The van der Waals surface area contributed by atoms with E-state index in [1.165, 1.54) is 38.3 Å². The number of ketones is 1. The predicted molar refractivity (Wildman–Crippen MR) is 88.1 cm³/mol. The Kier molecular flexibility index (Phi) is 4.44. The maximum Gasteiger partial charge on any atom is 0.310 e. The van der Waals surface area contributed by atoms with Crippen molar-refractivity contribution in [3.63, 3.8) is 0 Å². The van der Waals surface area contributed by atoms with Gasteiger partial charge in [-0.25, -0.2) is 4.39 Å². The van der Waals surface area contributed by atoms with E-state index >= 15 is 0 Å². The van der Waals surface area contributed by atoms with Crippen LogP contribution in [0.1, 0.15) is 39.9 Å². The van der Waals surface area contributed by atoms with Crippen molar-refractivity contribution in [3.05, 3.63) is 58.4 Å². The lowest BCUT2D eigenvalue weighted by molar-refractivity contribution is -0.138. The van der Waals surface area contributed by atoms with Gasteiger partial charge in [0.05, 0.1) is 19.6 Å². The number of carbonyl (C=O) groups excluding carboxylic acids is 1. The van der Waals surface area contributed by atoms with Gasteiger partial charge in [-0.3, -0.25) is 9.59 Å². The van der Waals surface area contributed by atoms with Crippen LogP contribution in [0.5, 0.6) is 11.5 Å². The molecular formula is C19H17FO5. The SMILES string of the molecule is COc1c(C(C)C(=O)O)cc2c(c1C(=O)c1ccc(F)cc1)OCC2. The molecule has 0 spiro atoms. The molecule has 0 aliphatic carbocycles. The summed E-state index contributed by atoms with van der Waals surface area (Å²) in [5, 5.41) is 9.37. The molecule has 1 atom stereocenters. The fourth-order valence-electron chi connectivity index (χ4n) is 2.97. The molecule has 1 aliphatic heterocycles. The number of ether oxygens (including phenoxy) is 2. The third-order valence-corrected chi connectivity index (χ3v) is 4.33. The van der Waals surface area contributed by atoms with Crippen LogP contribution in [0.3, 0.4) is 0 Å². The molecule has 0 saturated heterocycles. The first-order valence-corrected chi connectivity index (χ1v) is 7.83. The smallest absolute Gasteiger partial charge is 0.310 e. The molecule has 0 bridgehead atoms. The van der Waals surface area contributed by atoms with Crippen LogP contribution in [0, 0.1) is 5.82 Å². The topological polar surface area (TPSA) is 72.8 Å². The van der Waals surface area contributed by atoms with Crippen LogP contribution in [-0.2, 0) is 11.2 Å². The summed E-state index contributed by atoms with van der Waals surface area (Å²) >= 11 is 0. The van der Waals surface area contributed by atoms with E-state index in [0.29, 0.717) is 24.3 Å². The molecule has 1 heterocycles. The number of carboxylic acid groups (broad SMARTS) is 1. The predicted octanol–water partition coefficient (Wildman–Crippen LogP) is 3.19. The molecule has 5 nitrogen and oxygen atoms in total.